The molecule has 162 valence electrons. The third kappa shape index (κ3) is 3.93. The van der Waals surface area contributed by atoms with Gasteiger partial charge in [0.2, 0.25) is 11.8 Å². The average molecular weight is 423 g/mol. The predicted molar refractivity (Wildman–Crippen MR) is 117 cm³/mol. The van der Waals surface area contributed by atoms with Crippen LogP contribution in [0.1, 0.15) is 19.8 Å². The van der Waals surface area contributed by atoms with Crippen LogP contribution in [0, 0.1) is 0 Å². The monoisotopic (exact) mass is 423 g/mol. The van der Waals surface area contributed by atoms with E-state index in [1.807, 2.05) is 45.7 Å². The number of hydrogen-bond donors (Lipinski definition) is 1. The molecule has 1 aliphatic rings. The Morgan fingerprint density at radius 3 is 2.84 bits per heavy atom. The molecule has 4 aromatic heterocycles. The van der Waals surface area contributed by atoms with Crippen LogP contribution >= 0.6 is 0 Å². The van der Waals surface area contributed by atoms with Gasteiger partial charge < -0.3 is 19.4 Å². The number of nitrogens with zero attached hydrogens (tertiary/aromatic N) is 6. The first-order valence-electron chi connectivity index (χ1n) is 10.6. The van der Waals surface area contributed by atoms with Gasteiger partial charge in [0.1, 0.15) is 17.3 Å². The Bertz CT molecular complexity index is 1190. The minimum Gasteiger partial charge on any atom is -0.479 e. The second-order valence-corrected chi connectivity index (χ2v) is 8.08. The zero-order chi connectivity index (χ0) is 21.4. The van der Waals surface area contributed by atoms with Gasteiger partial charge in [0, 0.05) is 61.6 Å². The molecule has 0 saturated carbocycles. The largest absolute Gasteiger partial charge is 0.479 e. The lowest BCUT2D eigenvalue weighted by atomic mass is 10.1. The summed E-state index contributed by atoms with van der Waals surface area (Å²) in [6.07, 6.45) is 8.72. The zero-order valence-corrected chi connectivity index (χ0v) is 17.7. The smallest absolute Gasteiger partial charge is 0.244 e. The standard InChI is InChI=1S/C22H26FN7O/c1-15(23)13-28-9-5-17(6-10-28)25-22-26-21(31-2)20-18(7-11-30(20)27-22)16-3-4-19-24-8-12-29(19)14-16/h3-4,7-8,11-12,14-15,17H,5-6,9-10,13H2,1-2H3,(H,25,27). The molecule has 5 heterocycles. The topological polar surface area (TPSA) is 72.0 Å². The Morgan fingerprint density at radius 1 is 1.23 bits per heavy atom. The summed E-state index contributed by atoms with van der Waals surface area (Å²) in [5.74, 6) is 1.06. The Kier molecular flexibility index (Phi) is 5.19. The molecule has 4 aromatic rings. The molecule has 8 nitrogen and oxygen atoms in total. The fourth-order valence-corrected chi connectivity index (χ4v) is 4.31. The summed E-state index contributed by atoms with van der Waals surface area (Å²) in [5, 5.41) is 8.10. The van der Waals surface area contributed by atoms with Crippen LogP contribution in [0.15, 0.2) is 43.0 Å². The third-order valence-corrected chi connectivity index (χ3v) is 5.80. The summed E-state index contributed by atoms with van der Waals surface area (Å²) in [6, 6.07) is 6.30. The van der Waals surface area contributed by atoms with E-state index >= 15 is 0 Å². The lowest BCUT2D eigenvalue weighted by molar-refractivity contribution is 0.169. The predicted octanol–water partition coefficient (Wildman–Crippen LogP) is 3.29. The summed E-state index contributed by atoms with van der Waals surface area (Å²) in [4.78, 5) is 11.1. The molecule has 1 unspecified atom stereocenters. The van der Waals surface area contributed by atoms with E-state index < -0.39 is 6.17 Å². The number of likely N-dealkylation sites (tertiary alicyclic amines) is 1. The molecule has 1 aliphatic heterocycles. The van der Waals surface area contributed by atoms with Crippen molar-refractivity contribution in [3.05, 3.63) is 43.0 Å². The van der Waals surface area contributed by atoms with Crippen LogP contribution in [0.25, 0.3) is 22.3 Å². The number of anilines is 1. The summed E-state index contributed by atoms with van der Waals surface area (Å²) in [6.45, 7) is 3.85. The summed E-state index contributed by atoms with van der Waals surface area (Å²) >= 11 is 0. The van der Waals surface area contributed by atoms with E-state index in [9.17, 15) is 4.39 Å². The van der Waals surface area contributed by atoms with Crippen LogP contribution in [0.4, 0.5) is 10.3 Å². The van der Waals surface area contributed by atoms with Gasteiger partial charge in [-0.25, -0.2) is 13.9 Å². The van der Waals surface area contributed by atoms with E-state index in [0.29, 0.717) is 18.4 Å². The van der Waals surface area contributed by atoms with Crippen LogP contribution in [-0.2, 0) is 0 Å². The van der Waals surface area contributed by atoms with Crippen molar-refractivity contribution >= 4 is 17.1 Å². The quantitative estimate of drug-likeness (QED) is 0.513. The van der Waals surface area contributed by atoms with Crippen molar-refractivity contribution in [3.63, 3.8) is 0 Å². The number of methoxy groups -OCH3 is 1. The molecule has 9 heteroatoms. The molecule has 1 atom stereocenters. The molecule has 0 bridgehead atoms. The van der Waals surface area contributed by atoms with Crippen LogP contribution in [0.2, 0.25) is 0 Å². The van der Waals surface area contributed by atoms with Crippen LogP contribution in [-0.4, -0.2) is 67.8 Å². The number of alkyl halides is 1. The highest BCUT2D eigenvalue weighted by molar-refractivity contribution is 5.84. The second-order valence-electron chi connectivity index (χ2n) is 8.08. The maximum atomic E-state index is 13.2. The van der Waals surface area contributed by atoms with Crippen LogP contribution in [0.5, 0.6) is 5.88 Å². The van der Waals surface area contributed by atoms with Gasteiger partial charge in [-0.15, -0.1) is 5.10 Å². The molecular formula is C22H26FN7O. The third-order valence-electron chi connectivity index (χ3n) is 5.80. The normalized spacial score (nSPS) is 16.7. The summed E-state index contributed by atoms with van der Waals surface area (Å²) in [7, 11) is 1.62. The van der Waals surface area contributed by atoms with E-state index in [4.69, 9.17) is 4.74 Å². The first kappa shape index (κ1) is 19.7. The summed E-state index contributed by atoms with van der Waals surface area (Å²) in [5.41, 5.74) is 3.74. The number of rotatable bonds is 6. The maximum Gasteiger partial charge on any atom is 0.244 e. The van der Waals surface area contributed by atoms with Crippen molar-refractivity contribution in [3.8, 4) is 17.0 Å². The minimum absolute atomic E-state index is 0.256. The first-order valence-corrected chi connectivity index (χ1v) is 10.6. The molecule has 0 aromatic carbocycles. The molecule has 0 amide bonds. The van der Waals surface area contributed by atoms with E-state index in [2.05, 4.69) is 25.3 Å². The van der Waals surface area contributed by atoms with Crippen molar-refractivity contribution in [1.82, 2.24) is 28.9 Å². The van der Waals surface area contributed by atoms with Gasteiger partial charge in [0.05, 0.1) is 7.11 Å². The Hall–Kier alpha value is -3.20. The molecule has 0 spiro atoms. The number of fused-ring (bicyclic) bond motifs is 2. The van der Waals surface area contributed by atoms with Gasteiger partial charge >= 0.3 is 0 Å². The van der Waals surface area contributed by atoms with E-state index in [-0.39, 0.29) is 6.04 Å². The van der Waals surface area contributed by atoms with E-state index in [0.717, 1.165) is 48.2 Å². The van der Waals surface area contributed by atoms with Crippen molar-refractivity contribution in [2.45, 2.75) is 32.0 Å². The number of halogens is 1. The van der Waals surface area contributed by atoms with Crippen molar-refractivity contribution in [1.29, 1.82) is 0 Å². The van der Waals surface area contributed by atoms with Crippen LogP contribution in [0.3, 0.4) is 0 Å². The van der Waals surface area contributed by atoms with Gasteiger partial charge in [-0.2, -0.15) is 4.98 Å². The molecule has 5 rings (SSSR count). The van der Waals surface area contributed by atoms with E-state index in [1.54, 1.807) is 20.2 Å². The lowest BCUT2D eigenvalue weighted by Crippen LogP contribution is -2.41. The minimum atomic E-state index is -0.795. The number of imidazole rings is 1. The number of nitrogens with one attached hydrogen (secondary N) is 1. The second kappa shape index (κ2) is 8.14. The highest BCUT2D eigenvalue weighted by Gasteiger charge is 2.22. The van der Waals surface area contributed by atoms with Crippen molar-refractivity contribution in [2.75, 3.05) is 32.1 Å². The number of ether oxygens (including phenoxy) is 1. The van der Waals surface area contributed by atoms with Crippen molar-refractivity contribution < 1.29 is 9.13 Å². The fraction of sp³-hybridized carbons (Fsp3) is 0.409. The zero-order valence-electron chi connectivity index (χ0n) is 17.7. The number of aromatic nitrogens is 5. The molecule has 0 radical (unpaired) electrons. The number of piperidine rings is 1. The van der Waals surface area contributed by atoms with Gasteiger partial charge in [0.15, 0.2) is 0 Å². The Labute approximate surface area is 179 Å². The molecule has 1 N–H and O–H groups in total. The number of hydrogen-bond acceptors (Lipinski definition) is 6. The highest BCUT2D eigenvalue weighted by Crippen LogP contribution is 2.31. The molecule has 0 aliphatic carbocycles. The van der Waals surface area contributed by atoms with Crippen LogP contribution < -0.4 is 10.1 Å². The van der Waals surface area contributed by atoms with E-state index in [1.165, 1.54) is 0 Å². The number of pyridine rings is 1. The molecule has 31 heavy (non-hydrogen) atoms. The fourth-order valence-electron chi connectivity index (χ4n) is 4.31. The molecule has 1 saturated heterocycles. The van der Waals surface area contributed by atoms with Gasteiger partial charge in [-0.1, -0.05) is 0 Å². The lowest BCUT2D eigenvalue weighted by Gasteiger charge is -2.32. The first-order chi connectivity index (χ1) is 15.1. The average Bonchev–Trinajstić information content (AvgIpc) is 3.40. The molecule has 1 fully saturated rings. The molecular weight excluding hydrogens is 397 g/mol. The Balaban J connectivity index is 1.39. The maximum absolute atomic E-state index is 13.2. The highest BCUT2D eigenvalue weighted by atomic mass is 19.1. The SMILES string of the molecule is COc1nc(NC2CCN(CC(C)F)CC2)nn2ccc(-c3ccc4nccn4c3)c12. The van der Waals surface area contributed by atoms with Crippen molar-refractivity contribution in [2.24, 2.45) is 0 Å². The Morgan fingerprint density at radius 2 is 2.06 bits per heavy atom. The summed E-state index contributed by atoms with van der Waals surface area (Å²) < 4.78 is 22.7. The van der Waals surface area contributed by atoms with Gasteiger partial charge in [-0.3, -0.25) is 0 Å². The van der Waals surface area contributed by atoms with Gasteiger partial charge in [-0.05, 0) is 38.0 Å². The van der Waals surface area contributed by atoms with Gasteiger partial charge in [0.25, 0.3) is 0 Å².